The van der Waals surface area contributed by atoms with Gasteiger partial charge in [0.2, 0.25) is 5.82 Å². The maximum atomic E-state index is 13.5. The van der Waals surface area contributed by atoms with E-state index in [2.05, 4.69) is 25.7 Å². The molecule has 3 heterocycles. The Bertz CT molecular complexity index is 831. The third kappa shape index (κ3) is 3.80. The summed E-state index contributed by atoms with van der Waals surface area (Å²) in [5.74, 6) is 0.803. The van der Waals surface area contributed by atoms with Gasteiger partial charge >= 0.3 is 0 Å². The quantitative estimate of drug-likeness (QED) is 0.722. The van der Waals surface area contributed by atoms with Gasteiger partial charge in [-0.05, 0) is 31.2 Å². The number of hydrogen-bond donors (Lipinski definition) is 2. The minimum Gasteiger partial charge on any atom is -0.482 e. The van der Waals surface area contributed by atoms with Gasteiger partial charge in [-0.25, -0.2) is 4.39 Å². The van der Waals surface area contributed by atoms with E-state index in [1.807, 2.05) is 6.07 Å². The fourth-order valence-electron chi connectivity index (χ4n) is 2.70. The summed E-state index contributed by atoms with van der Waals surface area (Å²) in [6.07, 6.45) is 1.08. The van der Waals surface area contributed by atoms with Crippen molar-refractivity contribution in [3.05, 3.63) is 47.7 Å². The maximum absolute atomic E-state index is 13.5. The van der Waals surface area contributed by atoms with E-state index >= 15 is 0 Å². The van der Waals surface area contributed by atoms with Crippen molar-refractivity contribution in [1.82, 2.24) is 25.7 Å². The molecule has 0 spiro atoms. The first-order valence-corrected chi connectivity index (χ1v) is 7.76. The topological polar surface area (TPSA) is 88.9 Å². The highest BCUT2D eigenvalue weighted by Crippen LogP contribution is 2.24. The van der Waals surface area contributed by atoms with Gasteiger partial charge in [-0.15, -0.1) is 12.4 Å². The van der Waals surface area contributed by atoms with Gasteiger partial charge in [0.05, 0.1) is 0 Å². The van der Waals surface area contributed by atoms with Crippen LogP contribution in [0.1, 0.15) is 23.9 Å². The van der Waals surface area contributed by atoms with Crippen molar-refractivity contribution >= 4 is 12.4 Å². The predicted molar refractivity (Wildman–Crippen MR) is 90.1 cm³/mol. The molecule has 1 unspecified atom stereocenters. The van der Waals surface area contributed by atoms with E-state index in [1.54, 1.807) is 18.2 Å². The number of para-hydroxylation sites is 1. The van der Waals surface area contributed by atoms with Gasteiger partial charge in [-0.1, -0.05) is 17.3 Å². The third-order valence-corrected chi connectivity index (χ3v) is 3.98. The lowest BCUT2D eigenvalue weighted by molar-refractivity contribution is 0.274. The minimum atomic E-state index is -0.427. The molecule has 0 bridgehead atoms. The minimum absolute atomic E-state index is 0. The predicted octanol–water partition coefficient (Wildman–Crippen LogP) is 2.68. The molecule has 4 rings (SSSR count). The van der Waals surface area contributed by atoms with Gasteiger partial charge < -0.3 is 14.6 Å². The normalized spacial score (nSPS) is 16.6. The molecule has 1 aliphatic rings. The number of aromatic amines is 1. The molecule has 1 aromatic carbocycles. The number of nitrogens with zero attached hydrogens (tertiary/aromatic N) is 3. The summed E-state index contributed by atoms with van der Waals surface area (Å²) in [4.78, 5) is 4.24. The van der Waals surface area contributed by atoms with Crippen LogP contribution < -0.4 is 10.1 Å². The van der Waals surface area contributed by atoms with Crippen LogP contribution in [0, 0.1) is 5.82 Å². The number of ether oxygens (including phenoxy) is 1. The number of halogens is 2. The van der Waals surface area contributed by atoms with Crippen molar-refractivity contribution in [1.29, 1.82) is 0 Å². The molecule has 2 N–H and O–H groups in total. The molecule has 1 fully saturated rings. The zero-order chi connectivity index (χ0) is 16.4. The highest BCUT2D eigenvalue weighted by Gasteiger charge is 2.21. The van der Waals surface area contributed by atoms with Gasteiger partial charge in [0.25, 0.3) is 5.89 Å². The standard InChI is InChI=1S/C16H16FN5O2.ClH/c17-11-3-1-2-4-14(11)23-9-15-19-16(24-22-15)13-7-12(20-21-13)10-5-6-18-8-10;/h1-4,7,10,18H,5-6,8-9H2,(H,20,21);1H. The lowest BCUT2D eigenvalue weighted by atomic mass is 10.1. The monoisotopic (exact) mass is 365 g/mol. The molecule has 0 amide bonds. The molecular formula is C16H17ClFN5O2. The summed E-state index contributed by atoms with van der Waals surface area (Å²) in [5.41, 5.74) is 1.65. The van der Waals surface area contributed by atoms with E-state index in [0.29, 0.717) is 23.3 Å². The first-order chi connectivity index (χ1) is 11.8. The van der Waals surface area contributed by atoms with E-state index in [0.717, 1.165) is 25.2 Å². The van der Waals surface area contributed by atoms with Crippen LogP contribution in [-0.4, -0.2) is 33.4 Å². The molecule has 7 nitrogen and oxygen atoms in total. The van der Waals surface area contributed by atoms with Crippen molar-refractivity contribution in [2.75, 3.05) is 13.1 Å². The van der Waals surface area contributed by atoms with Crippen molar-refractivity contribution in [3.8, 4) is 17.3 Å². The summed E-state index contributed by atoms with van der Waals surface area (Å²) in [6.45, 7) is 1.97. The molecule has 132 valence electrons. The van der Waals surface area contributed by atoms with Crippen LogP contribution in [0.5, 0.6) is 5.75 Å². The Labute approximate surface area is 149 Å². The number of aromatic nitrogens is 4. The molecule has 2 aromatic heterocycles. The highest BCUT2D eigenvalue weighted by atomic mass is 35.5. The van der Waals surface area contributed by atoms with Gasteiger partial charge in [0.1, 0.15) is 0 Å². The number of rotatable bonds is 5. The Morgan fingerprint density at radius 2 is 2.20 bits per heavy atom. The Morgan fingerprint density at radius 3 is 3.00 bits per heavy atom. The summed E-state index contributed by atoms with van der Waals surface area (Å²) in [6, 6.07) is 8.10. The molecule has 3 aromatic rings. The van der Waals surface area contributed by atoms with E-state index in [1.165, 1.54) is 6.07 Å². The Balaban J connectivity index is 0.00000182. The smallest absolute Gasteiger partial charge is 0.278 e. The Hall–Kier alpha value is -2.45. The number of hydrogen-bond acceptors (Lipinski definition) is 6. The second-order valence-electron chi connectivity index (χ2n) is 5.63. The molecule has 1 saturated heterocycles. The lowest BCUT2D eigenvalue weighted by Crippen LogP contribution is -2.08. The van der Waals surface area contributed by atoms with Crippen LogP contribution in [0.3, 0.4) is 0 Å². The maximum Gasteiger partial charge on any atom is 0.278 e. The molecular weight excluding hydrogens is 349 g/mol. The first-order valence-electron chi connectivity index (χ1n) is 7.76. The van der Waals surface area contributed by atoms with Gasteiger partial charge in [-0.2, -0.15) is 10.1 Å². The fraction of sp³-hybridized carbons (Fsp3) is 0.312. The Kier molecular flexibility index (Phi) is 5.30. The van der Waals surface area contributed by atoms with Crippen LogP contribution in [0.15, 0.2) is 34.9 Å². The van der Waals surface area contributed by atoms with Gasteiger partial charge in [0, 0.05) is 18.2 Å². The van der Waals surface area contributed by atoms with Crippen LogP contribution in [0.25, 0.3) is 11.6 Å². The molecule has 25 heavy (non-hydrogen) atoms. The third-order valence-electron chi connectivity index (χ3n) is 3.98. The Morgan fingerprint density at radius 1 is 1.32 bits per heavy atom. The largest absolute Gasteiger partial charge is 0.482 e. The highest BCUT2D eigenvalue weighted by molar-refractivity contribution is 5.85. The summed E-state index contributed by atoms with van der Waals surface area (Å²) >= 11 is 0. The summed E-state index contributed by atoms with van der Waals surface area (Å²) in [7, 11) is 0. The van der Waals surface area contributed by atoms with E-state index in [9.17, 15) is 4.39 Å². The average Bonchev–Trinajstić information content (AvgIpc) is 3.33. The molecule has 1 aliphatic heterocycles. The molecule has 1 atom stereocenters. The van der Waals surface area contributed by atoms with Crippen LogP contribution >= 0.6 is 12.4 Å². The van der Waals surface area contributed by atoms with E-state index in [-0.39, 0.29) is 24.8 Å². The summed E-state index contributed by atoms with van der Waals surface area (Å²) in [5, 5.41) is 14.4. The second kappa shape index (κ2) is 7.62. The number of H-pyrrole nitrogens is 1. The zero-order valence-corrected chi connectivity index (χ0v) is 14.1. The van der Waals surface area contributed by atoms with Crippen LogP contribution in [0.4, 0.5) is 4.39 Å². The molecule has 0 aliphatic carbocycles. The van der Waals surface area contributed by atoms with Gasteiger partial charge in [0.15, 0.2) is 23.9 Å². The SMILES string of the molecule is Cl.Fc1ccccc1OCc1noc(-c2cc(C3CCNC3)[nH]n2)n1. The number of benzene rings is 1. The number of nitrogens with one attached hydrogen (secondary N) is 2. The zero-order valence-electron chi connectivity index (χ0n) is 13.2. The first kappa shape index (κ1) is 17.4. The van der Waals surface area contributed by atoms with Crippen LogP contribution in [0.2, 0.25) is 0 Å². The summed E-state index contributed by atoms with van der Waals surface area (Å²) < 4.78 is 24.1. The molecule has 0 radical (unpaired) electrons. The molecule has 9 heteroatoms. The van der Waals surface area contributed by atoms with Crippen molar-refractivity contribution < 1.29 is 13.7 Å². The molecule has 0 saturated carbocycles. The van der Waals surface area contributed by atoms with E-state index < -0.39 is 5.82 Å². The fourth-order valence-corrected chi connectivity index (χ4v) is 2.70. The second-order valence-corrected chi connectivity index (χ2v) is 5.63. The van der Waals surface area contributed by atoms with Crippen LogP contribution in [-0.2, 0) is 6.61 Å². The van der Waals surface area contributed by atoms with Crippen molar-refractivity contribution in [2.45, 2.75) is 18.9 Å². The van der Waals surface area contributed by atoms with E-state index in [4.69, 9.17) is 9.26 Å². The lowest BCUT2D eigenvalue weighted by Gasteiger charge is -2.03. The van der Waals surface area contributed by atoms with Crippen molar-refractivity contribution in [3.63, 3.8) is 0 Å². The average molecular weight is 366 g/mol. The van der Waals surface area contributed by atoms with Crippen molar-refractivity contribution in [2.24, 2.45) is 0 Å². The van der Waals surface area contributed by atoms with Gasteiger partial charge in [-0.3, -0.25) is 5.10 Å².